The Kier molecular flexibility index (Phi) is 3.40. The first-order valence-corrected chi connectivity index (χ1v) is 3.11. The van der Waals surface area contributed by atoms with Crippen molar-refractivity contribution < 1.29 is 14.6 Å². The molecule has 6 heteroatoms. The van der Waals surface area contributed by atoms with Gasteiger partial charge in [0.05, 0.1) is 5.88 Å². The molecule has 0 saturated carbocycles. The largest absolute Gasteiger partial charge is 0.552 e. The van der Waals surface area contributed by atoms with Crippen LogP contribution in [-0.2, 0) is 9.84 Å². The fourth-order valence-electron chi connectivity index (χ4n) is 0.149. The van der Waals surface area contributed by atoms with Crippen molar-refractivity contribution in [2.75, 3.05) is 5.88 Å². The molecular formula is C3H2Cl3O3. The highest BCUT2D eigenvalue weighted by molar-refractivity contribution is 6.50. The van der Waals surface area contributed by atoms with Crippen LogP contribution in [-0.4, -0.2) is 16.6 Å². The van der Waals surface area contributed by atoms with Gasteiger partial charge in [-0.1, -0.05) is 23.2 Å². The minimum absolute atomic E-state index is 0.343. The Balaban J connectivity index is 3.71. The summed E-state index contributed by atoms with van der Waals surface area (Å²) in [6.45, 7) is 0. The summed E-state index contributed by atoms with van der Waals surface area (Å²) in [7, 11) is 0. The fraction of sp³-hybridized carbons (Fsp3) is 0.667. The van der Waals surface area contributed by atoms with Crippen molar-refractivity contribution in [3.63, 3.8) is 0 Å². The van der Waals surface area contributed by atoms with E-state index in [2.05, 4.69) is 4.74 Å². The predicted molar refractivity (Wildman–Crippen MR) is 32.3 cm³/mol. The van der Waals surface area contributed by atoms with E-state index in [1.165, 1.54) is 0 Å². The van der Waals surface area contributed by atoms with Crippen LogP contribution in [0.25, 0.3) is 0 Å². The molecule has 0 spiro atoms. The zero-order valence-corrected chi connectivity index (χ0v) is 6.33. The van der Waals surface area contributed by atoms with Gasteiger partial charge in [-0.05, 0) is 0 Å². The third-order valence-electron chi connectivity index (χ3n) is 0.388. The Bertz CT molecular complexity index is 113. The topological polar surface area (TPSA) is 46.2 Å². The lowest BCUT2D eigenvalue weighted by Crippen LogP contribution is -2.22. The molecule has 0 heterocycles. The third kappa shape index (κ3) is 4.63. The van der Waals surface area contributed by atoms with Crippen LogP contribution in [0.4, 0.5) is 4.79 Å². The van der Waals surface area contributed by atoms with E-state index >= 15 is 0 Å². The van der Waals surface area contributed by atoms with Gasteiger partial charge in [-0.2, -0.15) is 9.90 Å². The van der Waals surface area contributed by atoms with Crippen LogP contribution in [0.2, 0.25) is 0 Å². The van der Waals surface area contributed by atoms with Crippen LogP contribution in [0.15, 0.2) is 0 Å². The summed E-state index contributed by atoms with van der Waals surface area (Å²) in [5, 5.41) is 9.61. The molecule has 3 nitrogen and oxygen atoms in total. The lowest BCUT2D eigenvalue weighted by Gasteiger charge is -2.11. The molecule has 0 fully saturated rings. The Morgan fingerprint density at radius 2 is 2.00 bits per heavy atom. The molecule has 1 radical (unpaired) electrons. The molecule has 0 N–H and O–H groups in total. The summed E-state index contributed by atoms with van der Waals surface area (Å²) >= 11 is 15.3. The molecule has 0 aliphatic rings. The molecule has 0 aromatic rings. The van der Waals surface area contributed by atoms with Gasteiger partial charge in [0.2, 0.25) is 0 Å². The second-order valence-corrected chi connectivity index (χ2v) is 2.80. The predicted octanol–water partition coefficient (Wildman–Crippen LogP) is 1.92. The van der Waals surface area contributed by atoms with Crippen molar-refractivity contribution in [1.29, 1.82) is 0 Å². The minimum Gasteiger partial charge on any atom is -0.393 e. The van der Waals surface area contributed by atoms with Gasteiger partial charge in [0, 0.05) is 0 Å². The number of hydrogen-bond acceptors (Lipinski definition) is 2. The summed E-state index contributed by atoms with van der Waals surface area (Å²) in [6.07, 6.45) is -1.80. The van der Waals surface area contributed by atoms with Gasteiger partial charge in [0.15, 0.2) is 0 Å². The van der Waals surface area contributed by atoms with Crippen molar-refractivity contribution in [2.45, 2.75) is 4.52 Å². The standard InChI is InChI=1S/C3H2Cl3O3/c4-1-3(5,6)9-2(7)8/h1H2. The first-order chi connectivity index (χ1) is 3.98. The van der Waals surface area contributed by atoms with E-state index in [4.69, 9.17) is 34.8 Å². The van der Waals surface area contributed by atoms with Gasteiger partial charge in [0.25, 0.3) is 4.52 Å². The smallest absolute Gasteiger partial charge is 0.393 e. The molecule has 0 rings (SSSR count). The zero-order valence-electron chi connectivity index (χ0n) is 4.07. The third-order valence-corrected chi connectivity index (χ3v) is 1.46. The second-order valence-electron chi connectivity index (χ2n) is 1.12. The number of rotatable bonds is 2. The average Bonchev–Trinajstić information content (AvgIpc) is 1.63. The van der Waals surface area contributed by atoms with E-state index in [9.17, 15) is 9.90 Å². The van der Waals surface area contributed by atoms with Crippen LogP contribution in [0.1, 0.15) is 0 Å². The first-order valence-electron chi connectivity index (χ1n) is 1.82. The molecule has 0 saturated heterocycles. The molecule has 0 aliphatic carbocycles. The molecule has 9 heavy (non-hydrogen) atoms. The zero-order chi connectivity index (χ0) is 7.49. The highest BCUT2D eigenvalue weighted by atomic mass is 35.5. The number of carbonyl (C=O) groups is 1. The van der Waals surface area contributed by atoms with Crippen molar-refractivity contribution in [2.24, 2.45) is 0 Å². The molecule has 0 aromatic carbocycles. The molecule has 0 atom stereocenters. The van der Waals surface area contributed by atoms with Crippen molar-refractivity contribution in [3.05, 3.63) is 0 Å². The van der Waals surface area contributed by atoms with Gasteiger partial charge in [0.1, 0.15) is 0 Å². The number of hydrogen-bond donors (Lipinski definition) is 0. The lowest BCUT2D eigenvalue weighted by molar-refractivity contribution is 0.0507. The Hall–Kier alpha value is 0.140. The maximum absolute atomic E-state index is 9.61. The summed E-state index contributed by atoms with van der Waals surface area (Å²) in [5.41, 5.74) is 0. The van der Waals surface area contributed by atoms with Crippen LogP contribution in [0, 0.1) is 0 Å². The number of halogens is 3. The van der Waals surface area contributed by atoms with Crippen molar-refractivity contribution in [3.8, 4) is 0 Å². The van der Waals surface area contributed by atoms with Gasteiger partial charge in [-0.25, -0.2) is 0 Å². The highest BCUT2D eigenvalue weighted by Gasteiger charge is 2.28. The lowest BCUT2D eigenvalue weighted by atomic mass is 10.8. The van der Waals surface area contributed by atoms with Gasteiger partial charge in [-0.15, -0.1) is 11.6 Å². The molecule has 0 amide bonds. The number of alkyl halides is 3. The van der Waals surface area contributed by atoms with Gasteiger partial charge in [-0.3, -0.25) is 0 Å². The molecule has 0 bridgehead atoms. The SMILES string of the molecule is [O]C(=O)OC(Cl)(Cl)CCl. The van der Waals surface area contributed by atoms with E-state index in [1.807, 2.05) is 0 Å². The van der Waals surface area contributed by atoms with Crippen LogP contribution in [0.5, 0.6) is 0 Å². The van der Waals surface area contributed by atoms with Gasteiger partial charge >= 0.3 is 6.16 Å². The summed E-state index contributed by atoms with van der Waals surface area (Å²) in [6, 6.07) is 0. The van der Waals surface area contributed by atoms with E-state index in [0.29, 0.717) is 0 Å². The van der Waals surface area contributed by atoms with Crippen molar-refractivity contribution >= 4 is 41.0 Å². The Morgan fingerprint density at radius 3 is 2.11 bits per heavy atom. The normalized spacial score (nSPS) is 11.0. The van der Waals surface area contributed by atoms with E-state index in [-0.39, 0.29) is 5.88 Å². The average molecular weight is 192 g/mol. The van der Waals surface area contributed by atoms with Crippen molar-refractivity contribution in [1.82, 2.24) is 0 Å². The second kappa shape index (κ2) is 3.34. The monoisotopic (exact) mass is 191 g/mol. The molecule has 0 unspecified atom stereocenters. The summed E-state index contributed by atoms with van der Waals surface area (Å²) in [4.78, 5) is 9.61. The number of carbonyl (C=O) groups excluding carboxylic acids is 1. The molecule has 0 aliphatic heterocycles. The Labute approximate surface area is 66.4 Å². The van der Waals surface area contributed by atoms with Crippen LogP contribution < -0.4 is 0 Å². The Morgan fingerprint density at radius 1 is 1.56 bits per heavy atom. The van der Waals surface area contributed by atoms with E-state index in [1.54, 1.807) is 0 Å². The first kappa shape index (κ1) is 9.14. The van der Waals surface area contributed by atoms with Crippen LogP contribution >= 0.6 is 34.8 Å². The fourth-order valence-corrected chi connectivity index (χ4v) is 0.330. The summed E-state index contributed by atoms with van der Waals surface area (Å²) < 4.78 is 1.90. The number of ether oxygens (including phenoxy) is 1. The molecule has 0 aromatic heterocycles. The molecule has 53 valence electrons. The van der Waals surface area contributed by atoms with E-state index in [0.717, 1.165) is 0 Å². The maximum Gasteiger partial charge on any atom is 0.552 e. The minimum atomic E-state index is -1.89. The summed E-state index contributed by atoms with van der Waals surface area (Å²) in [5.74, 6) is -0.343. The quantitative estimate of drug-likeness (QED) is 0.496. The van der Waals surface area contributed by atoms with E-state index < -0.39 is 10.7 Å². The molecular weight excluding hydrogens is 190 g/mol. The van der Waals surface area contributed by atoms with Gasteiger partial charge < -0.3 is 4.74 Å². The highest BCUT2D eigenvalue weighted by Crippen LogP contribution is 2.23. The van der Waals surface area contributed by atoms with Crippen LogP contribution in [0.3, 0.4) is 0 Å². The maximum atomic E-state index is 9.61.